The van der Waals surface area contributed by atoms with E-state index in [0.717, 1.165) is 0 Å². The van der Waals surface area contributed by atoms with Crippen LogP contribution in [0, 0.1) is 5.82 Å². The lowest BCUT2D eigenvalue weighted by Gasteiger charge is -2.05. The van der Waals surface area contributed by atoms with E-state index in [9.17, 15) is 4.39 Å². The first-order valence-corrected chi connectivity index (χ1v) is 5.48. The molecule has 0 saturated carbocycles. The molecule has 0 radical (unpaired) electrons. The molecule has 0 atom stereocenters. The van der Waals surface area contributed by atoms with Crippen molar-refractivity contribution in [1.82, 2.24) is 10.2 Å². The average Bonchev–Trinajstić information content (AvgIpc) is 2.37. The van der Waals surface area contributed by atoms with Crippen LogP contribution in [0.1, 0.15) is 11.3 Å². The lowest BCUT2D eigenvalue weighted by molar-refractivity contribution is 0.319. The van der Waals surface area contributed by atoms with Crippen molar-refractivity contribution in [2.45, 2.75) is 0 Å². The highest BCUT2D eigenvalue weighted by Crippen LogP contribution is 2.20. The fourth-order valence-electron chi connectivity index (χ4n) is 1.36. The predicted octanol–water partition coefficient (Wildman–Crippen LogP) is 2.60. The van der Waals surface area contributed by atoms with E-state index >= 15 is 0 Å². The number of hydrogen-bond donors (Lipinski definition) is 1. The number of oxime groups is 1. The van der Waals surface area contributed by atoms with Crippen LogP contribution in [0.15, 0.2) is 46.2 Å². The van der Waals surface area contributed by atoms with Crippen LogP contribution < -0.4 is 0 Å². The molecule has 0 aliphatic carbocycles. The second-order valence-electron chi connectivity index (χ2n) is 3.16. The number of halogens is 2. The lowest BCUT2D eigenvalue weighted by Crippen LogP contribution is -2.09. The van der Waals surface area contributed by atoms with Crippen LogP contribution in [-0.4, -0.2) is 21.1 Å². The molecular formula is C11H7BrFN3O. The predicted molar refractivity (Wildman–Crippen MR) is 63.6 cm³/mol. The first-order chi connectivity index (χ1) is 8.24. The van der Waals surface area contributed by atoms with Crippen molar-refractivity contribution in [2.24, 2.45) is 5.16 Å². The molecule has 0 aliphatic heterocycles. The molecule has 0 bridgehead atoms. The molecule has 1 heterocycles. The molecule has 1 N–H and O–H groups in total. The highest BCUT2D eigenvalue weighted by molar-refractivity contribution is 9.10. The largest absolute Gasteiger partial charge is 0.410 e. The van der Waals surface area contributed by atoms with Gasteiger partial charge in [-0.3, -0.25) is 0 Å². The number of aromatic nitrogens is 2. The van der Waals surface area contributed by atoms with Crippen molar-refractivity contribution in [2.75, 3.05) is 0 Å². The highest BCUT2D eigenvalue weighted by atomic mass is 79.9. The van der Waals surface area contributed by atoms with Crippen LogP contribution in [0.5, 0.6) is 0 Å². The van der Waals surface area contributed by atoms with Gasteiger partial charge in [0.25, 0.3) is 0 Å². The maximum absolute atomic E-state index is 13.8. The Morgan fingerprint density at radius 2 is 2.12 bits per heavy atom. The Labute approximate surface area is 105 Å². The quantitative estimate of drug-likeness (QED) is 0.526. The smallest absolute Gasteiger partial charge is 0.146 e. The van der Waals surface area contributed by atoms with E-state index in [1.165, 1.54) is 12.3 Å². The minimum atomic E-state index is -0.508. The number of rotatable bonds is 2. The van der Waals surface area contributed by atoms with Gasteiger partial charge in [-0.05, 0) is 40.2 Å². The average molecular weight is 296 g/mol. The molecule has 86 valence electrons. The SMILES string of the molecule is O/N=C(\c1cccnn1)c1cccc(Br)c1F. The summed E-state index contributed by atoms with van der Waals surface area (Å²) in [5.74, 6) is -0.508. The summed E-state index contributed by atoms with van der Waals surface area (Å²) in [7, 11) is 0. The minimum absolute atomic E-state index is 0.0388. The summed E-state index contributed by atoms with van der Waals surface area (Å²) in [6.07, 6.45) is 1.48. The lowest BCUT2D eigenvalue weighted by atomic mass is 10.1. The zero-order valence-corrected chi connectivity index (χ0v) is 10.1. The number of benzene rings is 1. The molecule has 0 spiro atoms. The third-order valence-electron chi connectivity index (χ3n) is 2.12. The normalized spacial score (nSPS) is 11.5. The molecule has 2 rings (SSSR count). The third kappa shape index (κ3) is 2.31. The van der Waals surface area contributed by atoms with Gasteiger partial charge in [-0.15, -0.1) is 5.10 Å². The molecule has 6 heteroatoms. The van der Waals surface area contributed by atoms with Crippen LogP contribution in [-0.2, 0) is 0 Å². The molecule has 0 aliphatic rings. The fraction of sp³-hybridized carbons (Fsp3) is 0. The van der Waals surface area contributed by atoms with Crippen LogP contribution in [0.3, 0.4) is 0 Å². The molecule has 2 aromatic rings. The van der Waals surface area contributed by atoms with E-state index in [1.807, 2.05) is 0 Å². The van der Waals surface area contributed by atoms with Crippen molar-refractivity contribution in [3.05, 3.63) is 58.1 Å². The topological polar surface area (TPSA) is 58.4 Å². The summed E-state index contributed by atoms with van der Waals surface area (Å²) in [6, 6.07) is 7.92. The van der Waals surface area contributed by atoms with E-state index < -0.39 is 5.82 Å². The van der Waals surface area contributed by atoms with Crippen LogP contribution in [0.4, 0.5) is 4.39 Å². The summed E-state index contributed by atoms with van der Waals surface area (Å²) in [5.41, 5.74) is 0.492. The van der Waals surface area contributed by atoms with E-state index in [1.54, 1.807) is 24.3 Å². The van der Waals surface area contributed by atoms with E-state index in [0.29, 0.717) is 10.2 Å². The standard InChI is InChI=1S/C11H7BrFN3O/c12-8-4-1-3-7(10(8)13)11(16-17)9-5-2-6-14-15-9/h1-6,17H/b16-11-. The van der Waals surface area contributed by atoms with Gasteiger partial charge in [-0.1, -0.05) is 11.2 Å². The van der Waals surface area contributed by atoms with Crippen LogP contribution in [0.25, 0.3) is 0 Å². The van der Waals surface area contributed by atoms with E-state index in [-0.39, 0.29) is 11.3 Å². The second kappa shape index (κ2) is 5.01. The summed E-state index contributed by atoms with van der Waals surface area (Å²) in [6.45, 7) is 0. The molecule has 1 aromatic heterocycles. The molecule has 0 saturated heterocycles. The number of hydrogen-bond acceptors (Lipinski definition) is 4. The van der Waals surface area contributed by atoms with Gasteiger partial charge >= 0.3 is 0 Å². The van der Waals surface area contributed by atoms with Crippen molar-refractivity contribution >= 4 is 21.6 Å². The molecule has 0 fully saturated rings. The summed E-state index contributed by atoms with van der Waals surface area (Å²) < 4.78 is 14.1. The fourth-order valence-corrected chi connectivity index (χ4v) is 1.72. The van der Waals surface area contributed by atoms with Gasteiger partial charge in [0.05, 0.1) is 4.47 Å². The van der Waals surface area contributed by atoms with Crippen LogP contribution in [0.2, 0.25) is 0 Å². The molecule has 0 amide bonds. The zero-order valence-electron chi connectivity index (χ0n) is 8.51. The van der Waals surface area contributed by atoms with Crippen molar-refractivity contribution < 1.29 is 9.60 Å². The summed E-state index contributed by atoms with van der Waals surface area (Å²) in [4.78, 5) is 0. The summed E-state index contributed by atoms with van der Waals surface area (Å²) in [5, 5.41) is 19.5. The maximum atomic E-state index is 13.8. The molecular weight excluding hydrogens is 289 g/mol. The van der Waals surface area contributed by atoms with E-state index in [4.69, 9.17) is 5.21 Å². The van der Waals surface area contributed by atoms with Gasteiger partial charge in [0.15, 0.2) is 0 Å². The van der Waals surface area contributed by atoms with Crippen molar-refractivity contribution in [3.8, 4) is 0 Å². The zero-order chi connectivity index (χ0) is 12.3. The monoisotopic (exact) mass is 295 g/mol. The third-order valence-corrected chi connectivity index (χ3v) is 2.73. The van der Waals surface area contributed by atoms with Gasteiger partial charge in [0.2, 0.25) is 0 Å². The van der Waals surface area contributed by atoms with Crippen molar-refractivity contribution in [3.63, 3.8) is 0 Å². The maximum Gasteiger partial charge on any atom is 0.146 e. The van der Waals surface area contributed by atoms with Crippen LogP contribution >= 0.6 is 15.9 Å². The first-order valence-electron chi connectivity index (χ1n) is 4.68. The summed E-state index contributed by atoms with van der Waals surface area (Å²) >= 11 is 3.07. The van der Waals surface area contributed by atoms with Gasteiger partial charge in [-0.2, -0.15) is 5.10 Å². The Morgan fingerprint density at radius 1 is 1.29 bits per heavy atom. The van der Waals surface area contributed by atoms with Gasteiger partial charge in [0.1, 0.15) is 17.2 Å². The molecule has 17 heavy (non-hydrogen) atoms. The molecule has 0 unspecified atom stereocenters. The van der Waals surface area contributed by atoms with Gasteiger partial charge < -0.3 is 5.21 Å². The van der Waals surface area contributed by atoms with Gasteiger partial charge in [-0.25, -0.2) is 4.39 Å². The van der Waals surface area contributed by atoms with Crippen molar-refractivity contribution in [1.29, 1.82) is 0 Å². The second-order valence-corrected chi connectivity index (χ2v) is 4.01. The Balaban J connectivity index is 2.55. The number of nitrogens with zero attached hydrogens (tertiary/aromatic N) is 3. The Kier molecular flexibility index (Phi) is 3.43. The molecule has 4 nitrogen and oxygen atoms in total. The Morgan fingerprint density at radius 3 is 2.76 bits per heavy atom. The first kappa shape index (κ1) is 11.7. The van der Waals surface area contributed by atoms with Gasteiger partial charge in [0, 0.05) is 11.8 Å². The Hall–Kier alpha value is -1.82. The highest BCUT2D eigenvalue weighted by Gasteiger charge is 2.15. The minimum Gasteiger partial charge on any atom is -0.410 e. The van der Waals surface area contributed by atoms with E-state index in [2.05, 4.69) is 31.3 Å². The molecule has 1 aromatic carbocycles. The Bertz CT molecular complexity index is 560.